The summed E-state index contributed by atoms with van der Waals surface area (Å²) in [5.41, 5.74) is 0.314. The molecule has 18 heavy (non-hydrogen) atoms. The van der Waals surface area contributed by atoms with Crippen molar-refractivity contribution < 1.29 is 9.18 Å². The van der Waals surface area contributed by atoms with Gasteiger partial charge in [0, 0.05) is 20.1 Å². The Labute approximate surface area is 106 Å². The summed E-state index contributed by atoms with van der Waals surface area (Å²) in [5, 5.41) is 2.83. The van der Waals surface area contributed by atoms with E-state index in [1.54, 1.807) is 11.9 Å². The number of hydrogen-bond acceptors (Lipinski definition) is 3. The molecule has 1 N–H and O–H groups in total. The first-order valence-electron chi connectivity index (χ1n) is 6.28. The smallest absolute Gasteiger partial charge is 0.257 e. The summed E-state index contributed by atoms with van der Waals surface area (Å²) in [5.74, 6) is 0.376. The number of carbonyl (C=O) groups is 1. The number of pyridine rings is 1. The molecule has 1 fully saturated rings. The van der Waals surface area contributed by atoms with Gasteiger partial charge in [0.1, 0.15) is 11.6 Å². The maximum atomic E-state index is 13.2. The van der Waals surface area contributed by atoms with Crippen molar-refractivity contribution in [1.29, 1.82) is 0 Å². The van der Waals surface area contributed by atoms with Crippen LogP contribution >= 0.6 is 0 Å². The lowest BCUT2D eigenvalue weighted by molar-refractivity contribution is 0.0787. The number of nitrogens with zero attached hydrogens (tertiary/aromatic N) is 2. The van der Waals surface area contributed by atoms with Crippen LogP contribution < -0.4 is 5.32 Å². The second-order valence-corrected chi connectivity index (χ2v) is 4.61. The van der Waals surface area contributed by atoms with Gasteiger partial charge in [-0.2, -0.15) is 0 Å². The second kappa shape index (κ2) is 5.33. The van der Waals surface area contributed by atoms with E-state index in [0.717, 1.165) is 32.1 Å². The average Bonchev–Trinajstić information content (AvgIpc) is 2.86. The van der Waals surface area contributed by atoms with E-state index in [4.69, 9.17) is 0 Å². The summed E-state index contributed by atoms with van der Waals surface area (Å²) in [6, 6.07) is 1.25. The third kappa shape index (κ3) is 2.44. The van der Waals surface area contributed by atoms with Crippen LogP contribution in [-0.4, -0.2) is 35.9 Å². The molecule has 1 aromatic heterocycles. The first kappa shape index (κ1) is 12.8. The highest BCUT2D eigenvalue weighted by Gasteiger charge is 2.27. The van der Waals surface area contributed by atoms with E-state index in [1.807, 2.05) is 0 Å². The summed E-state index contributed by atoms with van der Waals surface area (Å²) >= 11 is 0. The Balaban J connectivity index is 2.21. The third-order valence-electron chi connectivity index (χ3n) is 3.47. The van der Waals surface area contributed by atoms with Crippen LogP contribution in [0.1, 0.15) is 30.1 Å². The lowest BCUT2D eigenvalue weighted by Gasteiger charge is -2.17. The molecule has 1 unspecified atom stereocenters. The minimum absolute atomic E-state index is 0.137. The molecule has 1 saturated heterocycles. The normalized spacial score (nSPS) is 19.1. The minimum Gasteiger partial charge on any atom is -0.372 e. The SMILES string of the molecule is CCC1CCN(C(=O)c2cc(F)cnc2NC)C1. The number of hydrogen-bond donors (Lipinski definition) is 1. The van der Waals surface area contributed by atoms with Gasteiger partial charge in [0.15, 0.2) is 0 Å². The van der Waals surface area contributed by atoms with E-state index in [0.29, 0.717) is 17.3 Å². The fourth-order valence-corrected chi connectivity index (χ4v) is 2.32. The minimum atomic E-state index is -0.483. The predicted octanol–water partition coefficient (Wildman–Crippen LogP) is 2.13. The molecule has 0 radical (unpaired) electrons. The zero-order chi connectivity index (χ0) is 13.1. The molecule has 1 aliphatic heterocycles. The fraction of sp³-hybridized carbons (Fsp3) is 0.538. The molecule has 1 aliphatic rings. The molecule has 1 atom stereocenters. The van der Waals surface area contributed by atoms with Crippen LogP contribution in [0.15, 0.2) is 12.3 Å². The van der Waals surface area contributed by atoms with Crippen LogP contribution in [-0.2, 0) is 0 Å². The molecule has 0 aromatic carbocycles. The van der Waals surface area contributed by atoms with Crippen molar-refractivity contribution in [2.24, 2.45) is 5.92 Å². The van der Waals surface area contributed by atoms with E-state index in [9.17, 15) is 9.18 Å². The van der Waals surface area contributed by atoms with Crippen LogP contribution in [0, 0.1) is 11.7 Å². The molecular weight excluding hydrogens is 233 g/mol. The van der Waals surface area contributed by atoms with Crippen LogP contribution in [0.4, 0.5) is 10.2 Å². The summed E-state index contributed by atoms with van der Waals surface area (Å²) in [6.45, 7) is 3.63. The zero-order valence-electron chi connectivity index (χ0n) is 10.7. The van der Waals surface area contributed by atoms with Gasteiger partial charge in [0.25, 0.3) is 5.91 Å². The van der Waals surface area contributed by atoms with Gasteiger partial charge >= 0.3 is 0 Å². The van der Waals surface area contributed by atoms with Crippen LogP contribution in [0.3, 0.4) is 0 Å². The summed E-state index contributed by atoms with van der Waals surface area (Å²) in [4.78, 5) is 18.0. The molecule has 2 rings (SSSR count). The summed E-state index contributed by atoms with van der Waals surface area (Å²) < 4.78 is 13.2. The standard InChI is InChI=1S/C13H18FN3O/c1-3-9-4-5-17(8-9)13(18)11-6-10(14)7-16-12(11)15-2/h6-7,9H,3-5,8H2,1-2H3,(H,15,16). The molecule has 0 spiro atoms. The van der Waals surface area contributed by atoms with E-state index in [-0.39, 0.29) is 5.91 Å². The first-order valence-corrected chi connectivity index (χ1v) is 6.28. The van der Waals surface area contributed by atoms with Gasteiger partial charge < -0.3 is 10.2 Å². The maximum Gasteiger partial charge on any atom is 0.257 e. The highest BCUT2D eigenvalue weighted by molar-refractivity contribution is 5.98. The Kier molecular flexibility index (Phi) is 3.79. The van der Waals surface area contributed by atoms with Crippen molar-refractivity contribution in [3.8, 4) is 0 Å². The van der Waals surface area contributed by atoms with E-state index in [1.165, 1.54) is 6.07 Å². The van der Waals surface area contributed by atoms with Gasteiger partial charge in [-0.25, -0.2) is 9.37 Å². The molecule has 4 nitrogen and oxygen atoms in total. The molecule has 0 aliphatic carbocycles. The van der Waals surface area contributed by atoms with E-state index >= 15 is 0 Å². The van der Waals surface area contributed by atoms with E-state index in [2.05, 4.69) is 17.2 Å². The Hall–Kier alpha value is -1.65. The van der Waals surface area contributed by atoms with Crippen molar-refractivity contribution >= 4 is 11.7 Å². The van der Waals surface area contributed by atoms with Crippen molar-refractivity contribution in [3.05, 3.63) is 23.6 Å². The fourth-order valence-electron chi connectivity index (χ4n) is 2.32. The molecule has 1 aromatic rings. The Bertz CT molecular complexity index is 450. The van der Waals surface area contributed by atoms with Crippen LogP contribution in [0.25, 0.3) is 0 Å². The van der Waals surface area contributed by atoms with Gasteiger partial charge in [0.2, 0.25) is 0 Å². The van der Waals surface area contributed by atoms with Crippen molar-refractivity contribution in [2.45, 2.75) is 19.8 Å². The number of amides is 1. The van der Waals surface area contributed by atoms with Crippen molar-refractivity contribution in [3.63, 3.8) is 0 Å². The van der Waals surface area contributed by atoms with Gasteiger partial charge in [-0.3, -0.25) is 4.79 Å². The highest BCUT2D eigenvalue weighted by atomic mass is 19.1. The largest absolute Gasteiger partial charge is 0.372 e. The Morgan fingerprint density at radius 2 is 2.44 bits per heavy atom. The third-order valence-corrected chi connectivity index (χ3v) is 3.47. The van der Waals surface area contributed by atoms with Gasteiger partial charge in [-0.15, -0.1) is 0 Å². The number of rotatable bonds is 3. The van der Waals surface area contributed by atoms with Crippen molar-refractivity contribution in [1.82, 2.24) is 9.88 Å². The average molecular weight is 251 g/mol. The van der Waals surface area contributed by atoms with Gasteiger partial charge in [-0.05, 0) is 18.4 Å². The summed E-state index contributed by atoms with van der Waals surface area (Å²) in [6.07, 6.45) is 3.21. The lowest BCUT2D eigenvalue weighted by atomic mass is 10.1. The molecule has 0 saturated carbocycles. The molecule has 98 valence electrons. The van der Waals surface area contributed by atoms with Gasteiger partial charge in [0.05, 0.1) is 11.8 Å². The van der Waals surface area contributed by atoms with Crippen LogP contribution in [0.5, 0.6) is 0 Å². The molecule has 2 heterocycles. The predicted molar refractivity (Wildman–Crippen MR) is 68.0 cm³/mol. The first-order chi connectivity index (χ1) is 8.65. The second-order valence-electron chi connectivity index (χ2n) is 4.61. The lowest BCUT2D eigenvalue weighted by Crippen LogP contribution is -2.29. The number of anilines is 1. The molecule has 0 bridgehead atoms. The molecule has 5 heteroatoms. The van der Waals surface area contributed by atoms with Gasteiger partial charge in [-0.1, -0.05) is 13.3 Å². The van der Waals surface area contributed by atoms with E-state index < -0.39 is 5.82 Å². The number of halogens is 1. The Morgan fingerprint density at radius 1 is 1.67 bits per heavy atom. The molecule has 1 amide bonds. The van der Waals surface area contributed by atoms with Crippen LogP contribution in [0.2, 0.25) is 0 Å². The molecular formula is C13H18FN3O. The number of nitrogens with one attached hydrogen (secondary N) is 1. The maximum absolute atomic E-state index is 13.2. The monoisotopic (exact) mass is 251 g/mol. The highest BCUT2D eigenvalue weighted by Crippen LogP contribution is 2.23. The Morgan fingerprint density at radius 3 is 3.06 bits per heavy atom. The van der Waals surface area contributed by atoms with Crippen molar-refractivity contribution in [2.75, 3.05) is 25.5 Å². The number of aromatic nitrogens is 1. The zero-order valence-corrected chi connectivity index (χ0v) is 10.7. The number of carbonyl (C=O) groups excluding carboxylic acids is 1. The number of likely N-dealkylation sites (tertiary alicyclic amines) is 1. The topological polar surface area (TPSA) is 45.2 Å². The quantitative estimate of drug-likeness (QED) is 0.895. The summed E-state index contributed by atoms with van der Waals surface area (Å²) in [7, 11) is 1.68.